The van der Waals surface area contributed by atoms with Crippen molar-refractivity contribution in [2.45, 2.75) is 24.5 Å². The first-order valence-electron chi connectivity index (χ1n) is 10.9. The van der Waals surface area contributed by atoms with Crippen LogP contribution in [0.2, 0.25) is 10.0 Å². The summed E-state index contributed by atoms with van der Waals surface area (Å²) in [6.45, 7) is 2.24. The summed E-state index contributed by atoms with van der Waals surface area (Å²) >= 11 is 12.5. The van der Waals surface area contributed by atoms with Crippen molar-refractivity contribution < 1.29 is 14.3 Å². The molecule has 0 radical (unpaired) electrons. The molecule has 2 saturated heterocycles. The van der Waals surface area contributed by atoms with Crippen LogP contribution in [0.4, 0.5) is 4.39 Å². The molecule has 2 aliphatic rings. The number of nitrogens with zero attached hydrogens (tertiary/aromatic N) is 3. The van der Waals surface area contributed by atoms with Crippen LogP contribution in [0.25, 0.3) is 11.1 Å². The summed E-state index contributed by atoms with van der Waals surface area (Å²) in [5, 5.41) is 18.1. The van der Waals surface area contributed by atoms with E-state index in [1.807, 2.05) is 12.1 Å². The normalized spacial score (nSPS) is 23.4. The highest BCUT2D eigenvalue weighted by molar-refractivity contribution is 6.36. The number of carbonyl (C=O) groups is 1. The molecule has 172 valence electrons. The maximum Gasteiger partial charge on any atom is 0.255 e. The van der Waals surface area contributed by atoms with Crippen molar-refractivity contribution in [3.63, 3.8) is 0 Å². The van der Waals surface area contributed by atoms with E-state index in [0.29, 0.717) is 48.7 Å². The molecule has 0 unspecified atom stereocenters. The Hall–Kier alpha value is -2.45. The molecule has 1 aromatic heterocycles. The lowest BCUT2D eigenvalue weighted by Gasteiger charge is -2.49. The molecule has 0 saturated carbocycles. The minimum Gasteiger partial charge on any atom is -0.384 e. The molecule has 0 aliphatic carbocycles. The smallest absolute Gasteiger partial charge is 0.255 e. The molecule has 0 bridgehead atoms. The number of piperidine rings is 1. The molecule has 1 amide bonds. The lowest BCUT2D eigenvalue weighted by atomic mass is 9.82. The van der Waals surface area contributed by atoms with Gasteiger partial charge in [0.05, 0.1) is 16.1 Å². The highest BCUT2D eigenvalue weighted by atomic mass is 35.5. The molecule has 2 atom stereocenters. The van der Waals surface area contributed by atoms with Crippen molar-refractivity contribution in [2.24, 2.45) is 0 Å². The number of benzene rings is 2. The fourth-order valence-electron chi connectivity index (χ4n) is 4.91. The van der Waals surface area contributed by atoms with E-state index in [1.165, 1.54) is 6.20 Å². The first-order valence-corrected chi connectivity index (χ1v) is 11.6. The highest BCUT2D eigenvalue weighted by Crippen LogP contribution is 2.37. The summed E-state index contributed by atoms with van der Waals surface area (Å²) in [6, 6.07) is 12.5. The SMILES string of the molecule is O=C(c1cccc(-c2c[nH]nc2F)c1Cl)N1CCN2C[C@](O)(c3ccc(Cl)cc3)CC[C@H]2C1. The fraction of sp³-hybridized carbons (Fsp3) is 0.333. The number of hydrogen-bond acceptors (Lipinski definition) is 4. The third kappa shape index (κ3) is 4.15. The number of rotatable bonds is 3. The van der Waals surface area contributed by atoms with E-state index in [0.717, 1.165) is 12.0 Å². The van der Waals surface area contributed by atoms with Gasteiger partial charge in [0.1, 0.15) is 5.60 Å². The van der Waals surface area contributed by atoms with Crippen LogP contribution in [0.5, 0.6) is 0 Å². The number of nitrogens with one attached hydrogen (secondary N) is 1. The minimum atomic E-state index is -0.931. The van der Waals surface area contributed by atoms with Gasteiger partial charge in [0.2, 0.25) is 5.95 Å². The summed E-state index contributed by atoms with van der Waals surface area (Å²) in [6.07, 6.45) is 2.79. The second kappa shape index (κ2) is 8.72. The van der Waals surface area contributed by atoms with E-state index in [-0.39, 0.29) is 22.5 Å². The van der Waals surface area contributed by atoms with Crippen LogP contribution in [0.15, 0.2) is 48.7 Å². The molecule has 3 heterocycles. The van der Waals surface area contributed by atoms with Crippen LogP contribution < -0.4 is 0 Å². The number of halogens is 3. The van der Waals surface area contributed by atoms with E-state index in [1.54, 1.807) is 35.2 Å². The largest absolute Gasteiger partial charge is 0.384 e. The maximum atomic E-state index is 14.0. The van der Waals surface area contributed by atoms with Crippen molar-refractivity contribution in [2.75, 3.05) is 26.2 Å². The van der Waals surface area contributed by atoms with Crippen molar-refractivity contribution in [3.8, 4) is 11.1 Å². The standard InChI is InChI=1S/C24H23Cl2FN4O2/c25-16-6-4-15(5-7-16)24(33)9-8-17-13-30(10-11-31(17)14-24)23(32)19-3-1-2-18(21(19)26)20-12-28-29-22(20)27/h1-7,12,17,33H,8-11,13-14H2,(H,28,29)/t17-,24-/m0/s1. The van der Waals surface area contributed by atoms with Gasteiger partial charge < -0.3 is 10.0 Å². The van der Waals surface area contributed by atoms with E-state index < -0.39 is 11.5 Å². The number of aromatic nitrogens is 2. The van der Waals surface area contributed by atoms with Crippen LogP contribution in [0.1, 0.15) is 28.8 Å². The molecule has 6 nitrogen and oxygen atoms in total. The lowest BCUT2D eigenvalue weighted by molar-refractivity contribution is -0.0740. The number of H-pyrrole nitrogens is 1. The number of amides is 1. The van der Waals surface area contributed by atoms with Crippen molar-refractivity contribution in [1.82, 2.24) is 20.0 Å². The third-order valence-corrected chi connectivity index (χ3v) is 7.40. The summed E-state index contributed by atoms with van der Waals surface area (Å²) in [4.78, 5) is 17.4. The highest BCUT2D eigenvalue weighted by Gasteiger charge is 2.42. The average Bonchev–Trinajstić information content (AvgIpc) is 3.24. The maximum absolute atomic E-state index is 14.0. The number of fused-ring (bicyclic) bond motifs is 1. The Morgan fingerprint density at radius 3 is 2.67 bits per heavy atom. The van der Waals surface area contributed by atoms with Gasteiger partial charge in [-0.1, -0.05) is 47.5 Å². The van der Waals surface area contributed by atoms with Crippen LogP contribution in [-0.2, 0) is 5.60 Å². The Balaban J connectivity index is 1.31. The van der Waals surface area contributed by atoms with Crippen molar-refractivity contribution in [1.29, 1.82) is 0 Å². The fourth-order valence-corrected chi connectivity index (χ4v) is 5.35. The molecular weight excluding hydrogens is 466 g/mol. The number of carbonyl (C=O) groups excluding carboxylic acids is 1. The van der Waals surface area contributed by atoms with Crippen molar-refractivity contribution >= 4 is 29.1 Å². The average molecular weight is 489 g/mol. The second-order valence-electron chi connectivity index (χ2n) is 8.71. The van der Waals surface area contributed by atoms with Crippen molar-refractivity contribution in [3.05, 3.63) is 75.8 Å². The molecule has 5 rings (SSSR count). The van der Waals surface area contributed by atoms with Gasteiger partial charge in [-0.05, 0) is 36.6 Å². The van der Waals surface area contributed by atoms with Gasteiger partial charge in [-0.15, -0.1) is 5.10 Å². The Labute approximate surface area is 200 Å². The Morgan fingerprint density at radius 1 is 1.15 bits per heavy atom. The van der Waals surface area contributed by atoms with Gasteiger partial charge in [0, 0.05) is 49.0 Å². The predicted molar refractivity (Wildman–Crippen MR) is 125 cm³/mol. The van der Waals surface area contributed by atoms with Gasteiger partial charge in [-0.25, -0.2) is 0 Å². The second-order valence-corrected chi connectivity index (χ2v) is 9.52. The van der Waals surface area contributed by atoms with Crippen LogP contribution in [-0.4, -0.2) is 63.2 Å². The molecule has 3 aromatic rings. The Morgan fingerprint density at radius 2 is 1.94 bits per heavy atom. The van der Waals surface area contributed by atoms with E-state index in [2.05, 4.69) is 15.1 Å². The number of hydrogen-bond donors (Lipinski definition) is 2. The zero-order chi connectivity index (χ0) is 23.2. The number of piperazine rings is 1. The molecule has 0 spiro atoms. The van der Waals surface area contributed by atoms with Gasteiger partial charge in [0.15, 0.2) is 0 Å². The molecule has 33 heavy (non-hydrogen) atoms. The van der Waals surface area contributed by atoms with E-state index in [9.17, 15) is 14.3 Å². The van der Waals surface area contributed by atoms with E-state index in [4.69, 9.17) is 23.2 Å². The summed E-state index contributed by atoms with van der Waals surface area (Å²) in [7, 11) is 0. The van der Waals surface area contributed by atoms with Gasteiger partial charge in [0.25, 0.3) is 5.91 Å². The molecule has 2 N–H and O–H groups in total. The molecule has 2 fully saturated rings. The third-order valence-electron chi connectivity index (χ3n) is 6.74. The summed E-state index contributed by atoms with van der Waals surface area (Å²) < 4.78 is 14.0. The monoisotopic (exact) mass is 488 g/mol. The molecule has 2 aromatic carbocycles. The van der Waals surface area contributed by atoms with Gasteiger partial charge in [-0.2, -0.15) is 4.39 Å². The minimum absolute atomic E-state index is 0.156. The van der Waals surface area contributed by atoms with Gasteiger partial charge >= 0.3 is 0 Å². The number of aromatic amines is 1. The van der Waals surface area contributed by atoms with E-state index >= 15 is 0 Å². The quantitative estimate of drug-likeness (QED) is 0.575. The van der Waals surface area contributed by atoms with Crippen LogP contribution in [0.3, 0.4) is 0 Å². The topological polar surface area (TPSA) is 72.5 Å². The first kappa shape index (κ1) is 22.3. The van der Waals surface area contributed by atoms with Crippen LogP contribution in [0, 0.1) is 5.95 Å². The first-order chi connectivity index (χ1) is 15.9. The molecule has 2 aliphatic heterocycles. The summed E-state index contributed by atoms with van der Waals surface area (Å²) in [5.41, 5.74) is 0.932. The van der Waals surface area contributed by atoms with Gasteiger partial charge in [-0.3, -0.25) is 14.8 Å². The Bertz CT molecular complexity index is 1190. The lowest BCUT2D eigenvalue weighted by Crippen LogP contribution is -2.60. The summed E-state index contributed by atoms with van der Waals surface area (Å²) in [5.74, 6) is -0.838. The molecular formula is C24H23Cl2FN4O2. The number of aliphatic hydroxyl groups is 1. The predicted octanol–water partition coefficient (Wildman–Crippen LogP) is 4.33. The Kier molecular flexibility index (Phi) is 5.91. The zero-order valence-corrected chi connectivity index (χ0v) is 19.3. The van der Waals surface area contributed by atoms with Crippen LogP contribution >= 0.6 is 23.2 Å². The molecule has 9 heteroatoms. The zero-order valence-electron chi connectivity index (χ0n) is 17.8.